The first kappa shape index (κ1) is 12.5. The van der Waals surface area contributed by atoms with E-state index in [1.54, 1.807) is 9.75 Å². The van der Waals surface area contributed by atoms with Gasteiger partial charge in [0.15, 0.2) is 0 Å². The van der Waals surface area contributed by atoms with E-state index < -0.39 is 0 Å². The Hall–Kier alpha value is -0.560. The summed E-state index contributed by atoms with van der Waals surface area (Å²) in [5, 5.41) is 0. The second kappa shape index (κ2) is 6.84. The summed E-state index contributed by atoms with van der Waals surface area (Å²) in [6.07, 6.45) is 9.38. The molecule has 0 amide bonds. The van der Waals surface area contributed by atoms with Crippen molar-refractivity contribution in [1.82, 2.24) is 0 Å². The number of hydrogen-bond donors (Lipinski definition) is 0. The van der Waals surface area contributed by atoms with Gasteiger partial charge in [-0.1, -0.05) is 32.4 Å². The number of rotatable bonds is 6. The van der Waals surface area contributed by atoms with E-state index in [9.17, 15) is 0 Å². The van der Waals surface area contributed by atoms with E-state index in [4.69, 9.17) is 0 Å². The molecule has 0 fully saturated rings. The third-order valence-electron chi connectivity index (χ3n) is 2.73. The first-order valence-corrected chi connectivity index (χ1v) is 6.83. The van der Waals surface area contributed by atoms with Gasteiger partial charge < -0.3 is 0 Å². The van der Waals surface area contributed by atoms with Gasteiger partial charge in [-0.05, 0) is 44.2 Å². The lowest BCUT2D eigenvalue weighted by atomic mass is 10.0. The highest BCUT2D eigenvalue weighted by molar-refractivity contribution is 7.12. The summed E-state index contributed by atoms with van der Waals surface area (Å²) < 4.78 is 0. The largest absolute Gasteiger partial charge is 0.145 e. The Balaban J connectivity index is 2.65. The fourth-order valence-corrected chi connectivity index (χ4v) is 3.09. The molecule has 1 aromatic heterocycles. The minimum atomic E-state index is 0.733. The second-order valence-electron chi connectivity index (χ2n) is 3.96. The normalized spacial score (nSPS) is 13.5. The van der Waals surface area contributed by atoms with E-state index in [0.717, 1.165) is 5.92 Å². The predicted octanol–water partition coefficient (Wildman–Crippen LogP) is 5.16. The minimum absolute atomic E-state index is 0.733. The van der Waals surface area contributed by atoms with Crippen LogP contribution in [0.2, 0.25) is 0 Å². The first-order valence-electron chi connectivity index (χ1n) is 6.01. The summed E-state index contributed by atoms with van der Waals surface area (Å²) >= 11 is 2.01. The summed E-state index contributed by atoms with van der Waals surface area (Å²) in [4.78, 5) is 3.12. The smallest absolute Gasteiger partial charge is 0.00821 e. The van der Waals surface area contributed by atoms with Crippen LogP contribution in [0.15, 0.2) is 24.3 Å². The third-order valence-corrected chi connectivity index (χ3v) is 4.04. The fraction of sp³-hybridized carbons (Fsp3) is 0.571. The lowest BCUT2D eigenvalue weighted by molar-refractivity contribution is 0.686. The number of hydrogen-bond acceptors (Lipinski definition) is 1. The van der Waals surface area contributed by atoms with Crippen LogP contribution in [0, 0.1) is 0 Å². The van der Waals surface area contributed by atoms with E-state index in [1.165, 1.54) is 25.7 Å². The summed E-state index contributed by atoms with van der Waals surface area (Å²) in [6, 6.07) is 4.63. The van der Waals surface area contributed by atoms with E-state index >= 15 is 0 Å². The average molecular weight is 222 g/mol. The molecule has 0 aliphatic heterocycles. The Kier molecular flexibility index (Phi) is 5.70. The molecule has 84 valence electrons. The van der Waals surface area contributed by atoms with Crippen molar-refractivity contribution in [2.75, 3.05) is 0 Å². The number of thiophene rings is 1. The molecule has 1 heteroatoms. The van der Waals surface area contributed by atoms with Crippen molar-refractivity contribution >= 4 is 11.3 Å². The zero-order chi connectivity index (χ0) is 11.1. The summed E-state index contributed by atoms with van der Waals surface area (Å²) in [5.74, 6) is 0.733. The van der Waals surface area contributed by atoms with Crippen LogP contribution in [0.3, 0.4) is 0 Å². The topological polar surface area (TPSA) is 0 Å². The van der Waals surface area contributed by atoms with Gasteiger partial charge in [0.1, 0.15) is 0 Å². The SMILES string of the molecule is C/C=C\CC(CC)c1ccc(CCC)s1. The standard InChI is InChI=1S/C14H22S/c1-4-7-9-12(6-3)14-11-10-13(15-14)8-5-2/h4,7,10-12H,5-6,8-9H2,1-3H3/b7-4-. The number of allylic oxidation sites excluding steroid dienone is 2. The number of aryl methyl sites for hydroxylation is 1. The molecule has 0 aliphatic rings. The van der Waals surface area contributed by atoms with Crippen molar-refractivity contribution in [3.8, 4) is 0 Å². The van der Waals surface area contributed by atoms with Crippen LogP contribution in [0.25, 0.3) is 0 Å². The predicted molar refractivity (Wildman–Crippen MR) is 70.8 cm³/mol. The molecule has 1 atom stereocenters. The van der Waals surface area contributed by atoms with Gasteiger partial charge in [-0.3, -0.25) is 0 Å². The van der Waals surface area contributed by atoms with Gasteiger partial charge in [-0.2, -0.15) is 0 Å². The molecular formula is C14H22S. The van der Waals surface area contributed by atoms with E-state index in [1.807, 2.05) is 11.3 Å². The molecule has 1 unspecified atom stereocenters. The van der Waals surface area contributed by atoms with E-state index in [0.29, 0.717) is 0 Å². The zero-order valence-corrected chi connectivity index (χ0v) is 10.9. The molecule has 1 rings (SSSR count). The third kappa shape index (κ3) is 3.83. The summed E-state index contributed by atoms with van der Waals surface area (Å²) in [6.45, 7) is 6.63. The van der Waals surface area contributed by atoms with Crippen LogP contribution < -0.4 is 0 Å². The van der Waals surface area contributed by atoms with Crippen LogP contribution in [0.5, 0.6) is 0 Å². The van der Waals surface area contributed by atoms with Crippen molar-refractivity contribution in [1.29, 1.82) is 0 Å². The Morgan fingerprint density at radius 1 is 1.33 bits per heavy atom. The van der Waals surface area contributed by atoms with E-state index in [-0.39, 0.29) is 0 Å². The van der Waals surface area contributed by atoms with Crippen molar-refractivity contribution < 1.29 is 0 Å². The lowest BCUT2D eigenvalue weighted by Gasteiger charge is -2.09. The summed E-state index contributed by atoms with van der Waals surface area (Å²) in [5.41, 5.74) is 0. The van der Waals surface area contributed by atoms with Crippen LogP contribution in [-0.2, 0) is 6.42 Å². The Labute approximate surface area is 98.0 Å². The van der Waals surface area contributed by atoms with Gasteiger partial charge in [0.25, 0.3) is 0 Å². The van der Waals surface area contributed by atoms with Crippen molar-refractivity contribution in [3.05, 3.63) is 34.0 Å². The lowest BCUT2D eigenvalue weighted by Crippen LogP contribution is -1.91. The Bertz CT molecular complexity index is 296. The highest BCUT2D eigenvalue weighted by Gasteiger charge is 2.10. The minimum Gasteiger partial charge on any atom is -0.145 e. The van der Waals surface area contributed by atoms with Gasteiger partial charge in [-0.15, -0.1) is 11.3 Å². The molecule has 1 heterocycles. The van der Waals surface area contributed by atoms with Gasteiger partial charge in [0, 0.05) is 9.75 Å². The molecule has 0 radical (unpaired) electrons. The van der Waals surface area contributed by atoms with Crippen LogP contribution in [0.1, 0.15) is 55.7 Å². The van der Waals surface area contributed by atoms with Crippen molar-refractivity contribution in [2.45, 2.75) is 52.4 Å². The van der Waals surface area contributed by atoms with Gasteiger partial charge in [0.2, 0.25) is 0 Å². The van der Waals surface area contributed by atoms with Crippen LogP contribution >= 0.6 is 11.3 Å². The maximum Gasteiger partial charge on any atom is 0.00821 e. The van der Waals surface area contributed by atoms with Crippen molar-refractivity contribution in [2.24, 2.45) is 0 Å². The van der Waals surface area contributed by atoms with Gasteiger partial charge >= 0.3 is 0 Å². The Morgan fingerprint density at radius 2 is 2.13 bits per heavy atom. The molecule has 0 aliphatic carbocycles. The molecule has 0 aromatic carbocycles. The maximum absolute atomic E-state index is 2.33. The molecule has 0 saturated carbocycles. The second-order valence-corrected chi connectivity index (χ2v) is 5.16. The average Bonchev–Trinajstić information content (AvgIpc) is 2.68. The van der Waals surface area contributed by atoms with E-state index in [2.05, 4.69) is 45.1 Å². The Morgan fingerprint density at radius 3 is 2.73 bits per heavy atom. The molecule has 0 bridgehead atoms. The zero-order valence-electron chi connectivity index (χ0n) is 10.1. The summed E-state index contributed by atoms with van der Waals surface area (Å²) in [7, 11) is 0. The molecule has 0 N–H and O–H groups in total. The maximum atomic E-state index is 2.33. The van der Waals surface area contributed by atoms with Gasteiger partial charge in [0.05, 0.1) is 0 Å². The molecule has 0 spiro atoms. The van der Waals surface area contributed by atoms with Gasteiger partial charge in [-0.25, -0.2) is 0 Å². The first-order chi connectivity index (χ1) is 7.31. The fourth-order valence-electron chi connectivity index (χ4n) is 1.78. The van der Waals surface area contributed by atoms with Crippen LogP contribution in [-0.4, -0.2) is 0 Å². The quantitative estimate of drug-likeness (QED) is 0.583. The van der Waals surface area contributed by atoms with Crippen molar-refractivity contribution in [3.63, 3.8) is 0 Å². The highest BCUT2D eigenvalue weighted by atomic mass is 32.1. The molecule has 15 heavy (non-hydrogen) atoms. The monoisotopic (exact) mass is 222 g/mol. The molecular weight excluding hydrogens is 200 g/mol. The molecule has 0 saturated heterocycles. The van der Waals surface area contributed by atoms with Crippen LogP contribution in [0.4, 0.5) is 0 Å². The molecule has 0 nitrogen and oxygen atoms in total. The highest BCUT2D eigenvalue weighted by Crippen LogP contribution is 2.30. The molecule has 1 aromatic rings.